The Labute approximate surface area is 121 Å². The minimum atomic E-state index is 0.346. The van der Waals surface area contributed by atoms with Gasteiger partial charge in [0.25, 0.3) is 0 Å². The van der Waals surface area contributed by atoms with Gasteiger partial charge in [0.1, 0.15) is 0 Å². The van der Waals surface area contributed by atoms with Crippen molar-refractivity contribution in [3.63, 3.8) is 0 Å². The smallest absolute Gasteiger partial charge is 0.0304 e. The maximum absolute atomic E-state index is 3.86. The fraction of sp³-hybridized carbons (Fsp3) is 1.00. The predicted octanol–water partition coefficient (Wildman–Crippen LogP) is 3.91. The van der Waals surface area contributed by atoms with E-state index in [-0.39, 0.29) is 0 Å². The third-order valence-corrected chi connectivity index (χ3v) is 4.96. The molecule has 19 heavy (non-hydrogen) atoms. The van der Waals surface area contributed by atoms with Crippen molar-refractivity contribution in [2.75, 3.05) is 19.6 Å². The van der Waals surface area contributed by atoms with Gasteiger partial charge >= 0.3 is 0 Å². The number of rotatable bonds is 5. The first-order chi connectivity index (χ1) is 8.74. The normalized spacial score (nSPS) is 24.9. The molecule has 114 valence electrons. The molecule has 0 bridgehead atoms. The second-order valence-corrected chi connectivity index (χ2v) is 7.90. The number of nitrogens with zero attached hydrogens (tertiary/aromatic N) is 1. The number of hydrogen-bond donors (Lipinski definition) is 1. The second kappa shape index (κ2) is 6.58. The molecule has 0 radical (unpaired) electrons. The lowest BCUT2D eigenvalue weighted by molar-refractivity contribution is 0.0161. The van der Waals surface area contributed by atoms with E-state index in [2.05, 4.69) is 58.7 Å². The van der Waals surface area contributed by atoms with Crippen LogP contribution >= 0.6 is 0 Å². The van der Waals surface area contributed by atoms with Gasteiger partial charge in [-0.1, -0.05) is 48.5 Å². The van der Waals surface area contributed by atoms with Crippen molar-refractivity contribution >= 4 is 0 Å². The van der Waals surface area contributed by atoms with Crippen molar-refractivity contribution in [1.82, 2.24) is 10.2 Å². The number of nitrogens with one attached hydrogen (secondary N) is 1. The largest absolute Gasteiger partial charge is 0.308 e. The van der Waals surface area contributed by atoms with E-state index >= 15 is 0 Å². The molecule has 0 saturated carbocycles. The average molecular weight is 268 g/mol. The van der Waals surface area contributed by atoms with E-state index in [4.69, 9.17) is 0 Å². The van der Waals surface area contributed by atoms with Crippen LogP contribution in [-0.2, 0) is 0 Å². The molecule has 1 unspecified atom stereocenters. The van der Waals surface area contributed by atoms with Crippen LogP contribution in [0.25, 0.3) is 0 Å². The van der Waals surface area contributed by atoms with Gasteiger partial charge in [-0.05, 0) is 37.1 Å². The Balaban J connectivity index is 2.79. The van der Waals surface area contributed by atoms with E-state index in [1.807, 2.05) is 0 Å². The fourth-order valence-corrected chi connectivity index (χ4v) is 3.23. The first kappa shape index (κ1) is 17.0. The Morgan fingerprint density at radius 3 is 2.21 bits per heavy atom. The summed E-state index contributed by atoms with van der Waals surface area (Å²) in [7, 11) is 0. The molecule has 1 atom stereocenters. The van der Waals surface area contributed by atoms with Crippen molar-refractivity contribution in [1.29, 1.82) is 0 Å². The molecule has 0 spiro atoms. The van der Waals surface area contributed by atoms with Crippen molar-refractivity contribution in [3.05, 3.63) is 0 Å². The van der Waals surface area contributed by atoms with Crippen molar-refractivity contribution in [2.45, 2.75) is 79.3 Å². The second-order valence-electron chi connectivity index (χ2n) is 7.90. The minimum absolute atomic E-state index is 0.346. The number of hydrogen-bond acceptors (Lipinski definition) is 2. The van der Waals surface area contributed by atoms with Gasteiger partial charge < -0.3 is 5.32 Å². The standard InChI is InChI=1S/C17H36N2/c1-8-17(9-2)13-19(11-10-14(3)4)15(12-18-17)16(5,6)7/h14-15,18H,8-13H2,1-7H3. The summed E-state index contributed by atoms with van der Waals surface area (Å²) >= 11 is 0. The zero-order valence-corrected chi connectivity index (χ0v) is 14.3. The maximum Gasteiger partial charge on any atom is 0.0304 e. The van der Waals surface area contributed by atoms with E-state index in [1.54, 1.807) is 0 Å². The first-order valence-electron chi connectivity index (χ1n) is 8.23. The van der Waals surface area contributed by atoms with Crippen LogP contribution in [0.1, 0.15) is 67.7 Å². The summed E-state index contributed by atoms with van der Waals surface area (Å²) in [6.45, 7) is 20.1. The lowest BCUT2D eigenvalue weighted by Gasteiger charge is -2.51. The topological polar surface area (TPSA) is 15.3 Å². The highest BCUT2D eigenvalue weighted by Crippen LogP contribution is 2.31. The van der Waals surface area contributed by atoms with Gasteiger partial charge in [0.2, 0.25) is 0 Å². The molecular weight excluding hydrogens is 232 g/mol. The van der Waals surface area contributed by atoms with Gasteiger partial charge in [-0.15, -0.1) is 0 Å². The quantitative estimate of drug-likeness (QED) is 0.813. The SMILES string of the molecule is CCC1(CC)CN(CCC(C)C)C(C(C)(C)C)CN1. The van der Waals surface area contributed by atoms with Gasteiger partial charge in [-0.3, -0.25) is 4.90 Å². The monoisotopic (exact) mass is 268 g/mol. The Hall–Kier alpha value is -0.0800. The summed E-state index contributed by atoms with van der Waals surface area (Å²) < 4.78 is 0. The van der Waals surface area contributed by atoms with Gasteiger partial charge in [0.15, 0.2) is 0 Å². The lowest BCUT2D eigenvalue weighted by atomic mass is 9.80. The van der Waals surface area contributed by atoms with Crippen molar-refractivity contribution < 1.29 is 0 Å². The predicted molar refractivity (Wildman–Crippen MR) is 85.6 cm³/mol. The molecule has 1 aliphatic rings. The summed E-state index contributed by atoms with van der Waals surface area (Å²) in [4.78, 5) is 2.77. The van der Waals surface area contributed by atoms with Gasteiger partial charge in [-0.2, -0.15) is 0 Å². The highest BCUT2D eigenvalue weighted by molar-refractivity contribution is 4.99. The molecule has 1 fully saturated rings. The Bertz CT molecular complexity index is 261. The molecule has 1 rings (SSSR count). The third-order valence-electron chi connectivity index (χ3n) is 4.96. The van der Waals surface area contributed by atoms with Crippen LogP contribution in [0.5, 0.6) is 0 Å². The molecule has 1 N–H and O–H groups in total. The Morgan fingerprint density at radius 1 is 1.21 bits per heavy atom. The third kappa shape index (κ3) is 4.46. The van der Waals surface area contributed by atoms with Crippen LogP contribution in [0.4, 0.5) is 0 Å². The zero-order valence-electron chi connectivity index (χ0n) is 14.3. The summed E-state index contributed by atoms with van der Waals surface area (Å²) in [5.74, 6) is 0.799. The average Bonchev–Trinajstić information content (AvgIpc) is 2.34. The minimum Gasteiger partial charge on any atom is -0.308 e. The summed E-state index contributed by atoms with van der Waals surface area (Å²) in [6.07, 6.45) is 3.78. The lowest BCUT2D eigenvalue weighted by Crippen LogP contribution is -2.66. The maximum atomic E-state index is 3.86. The molecule has 1 heterocycles. The highest BCUT2D eigenvalue weighted by atomic mass is 15.3. The number of piperazine rings is 1. The summed E-state index contributed by atoms with van der Waals surface area (Å²) in [5.41, 5.74) is 0.705. The van der Waals surface area contributed by atoms with Crippen LogP contribution in [0.2, 0.25) is 0 Å². The summed E-state index contributed by atoms with van der Waals surface area (Å²) in [6, 6.07) is 0.664. The van der Waals surface area contributed by atoms with Gasteiger partial charge in [0, 0.05) is 24.7 Å². The van der Waals surface area contributed by atoms with Gasteiger partial charge in [0.05, 0.1) is 0 Å². The van der Waals surface area contributed by atoms with E-state index < -0.39 is 0 Å². The van der Waals surface area contributed by atoms with E-state index in [9.17, 15) is 0 Å². The van der Waals surface area contributed by atoms with Crippen LogP contribution < -0.4 is 5.32 Å². The van der Waals surface area contributed by atoms with Crippen LogP contribution in [0.15, 0.2) is 0 Å². The van der Waals surface area contributed by atoms with Crippen molar-refractivity contribution in [2.24, 2.45) is 11.3 Å². The van der Waals surface area contributed by atoms with Crippen LogP contribution in [0, 0.1) is 11.3 Å². The molecule has 0 aromatic heterocycles. The Kier molecular flexibility index (Phi) is 5.88. The van der Waals surface area contributed by atoms with E-state index in [0.29, 0.717) is 17.0 Å². The van der Waals surface area contributed by atoms with Crippen molar-refractivity contribution in [3.8, 4) is 0 Å². The van der Waals surface area contributed by atoms with E-state index in [1.165, 1.54) is 32.4 Å². The first-order valence-corrected chi connectivity index (χ1v) is 8.23. The molecule has 2 heteroatoms. The summed E-state index contributed by atoms with van der Waals surface area (Å²) in [5, 5.41) is 3.86. The molecule has 2 nitrogen and oxygen atoms in total. The van der Waals surface area contributed by atoms with Gasteiger partial charge in [-0.25, -0.2) is 0 Å². The zero-order chi connectivity index (χ0) is 14.7. The van der Waals surface area contributed by atoms with E-state index in [0.717, 1.165) is 12.5 Å². The Morgan fingerprint density at radius 2 is 1.79 bits per heavy atom. The van der Waals surface area contributed by atoms with Crippen LogP contribution in [0.3, 0.4) is 0 Å². The molecule has 0 aromatic carbocycles. The molecule has 1 saturated heterocycles. The molecule has 0 aliphatic carbocycles. The molecule has 0 aromatic rings. The highest BCUT2D eigenvalue weighted by Gasteiger charge is 2.40. The fourth-order valence-electron chi connectivity index (χ4n) is 3.23. The molecule has 0 amide bonds. The van der Waals surface area contributed by atoms with Crippen LogP contribution in [-0.4, -0.2) is 36.1 Å². The molecule has 1 aliphatic heterocycles. The molecular formula is C17H36N2.